The summed E-state index contributed by atoms with van der Waals surface area (Å²) in [4.78, 5) is 10.8. The number of carbonyl (C=O) groups is 1. The van der Waals surface area contributed by atoms with E-state index in [0.29, 0.717) is 6.42 Å². The van der Waals surface area contributed by atoms with Gasteiger partial charge in [-0.1, -0.05) is 13.3 Å². The lowest BCUT2D eigenvalue weighted by atomic mass is 10.2. The molecule has 0 aliphatic rings. The van der Waals surface area contributed by atoms with Crippen LogP contribution in [0.2, 0.25) is 0 Å². The lowest BCUT2D eigenvalue weighted by Crippen LogP contribution is -2.43. The first kappa shape index (κ1) is 15.3. The van der Waals surface area contributed by atoms with Gasteiger partial charge in [0.1, 0.15) is 6.04 Å². The summed E-state index contributed by atoms with van der Waals surface area (Å²) in [6.07, 6.45) is 0.406. The van der Waals surface area contributed by atoms with E-state index in [1.54, 1.807) is 13.8 Å². The van der Waals surface area contributed by atoms with Crippen LogP contribution in [-0.4, -0.2) is 44.5 Å². The standard InChI is InChI=1S/C9H19NO5S/c1-4-5-8(9(11)12)10-16(13,14)6-7(2)15-3/h7-8,10H,4-6H2,1-3H3,(H,11,12). The number of ether oxygens (including phenoxy) is 1. The Balaban J connectivity index is 4.48. The maximum absolute atomic E-state index is 11.5. The Bertz CT molecular complexity index is 314. The summed E-state index contributed by atoms with van der Waals surface area (Å²) in [6.45, 7) is 3.40. The highest BCUT2D eigenvalue weighted by Gasteiger charge is 2.24. The second-order valence-corrected chi connectivity index (χ2v) is 5.42. The highest BCUT2D eigenvalue weighted by molar-refractivity contribution is 7.89. The third-order valence-electron chi connectivity index (χ3n) is 2.05. The third kappa shape index (κ3) is 6.04. The van der Waals surface area contributed by atoms with Crippen molar-refractivity contribution in [1.29, 1.82) is 0 Å². The predicted octanol–water partition coefficient (Wildman–Crippen LogP) is 0.194. The highest BCUT2D eigenvalue weighted by atomic mass is 32.2. The Morgan fingerprint density at radius 2 is 2.06 bits per heavy atom. The topological polar surface area (TPSA) is 92.7 Å². The number of aliphatic carboxylic acids is 1. The Labute approximate surface area is 96.0 Å². The van der Waals surface area contributed by atoms with Crippen LogP contribution in [0, 0.1) is 0 Å². The number of rotatable bonds is 8. The summed E-state index contributed by atoms with van der Waals surface area (Å²) in [5, 5.41) is 8.80. The minimum Gasteiger partial charge on any atom is -0.480 e. The van der Waals surface area contributed by atoms with E-state index in [0.717, 1.165) is 0 Å². The molecule has 0 amide bonds. The zero-order valence-electron chi connectivity index (χ0n) is 9.76. The van der Waals surface area contributed by atoms with Gasteiger partial charge in [-0.25, -0.2) is 13.1 Å². The molecule has 6 nitrogen and oxygen atoms in total. The Morgan fingerprint density at radius 1 is 1.50 bits per heavy atom. The smallest absolute Gasteiger partial charge is 0.321 e. The van der Waals surface area contributed by atoms with Crippen LogP contribution in [0.25, 0.3) is 0 Å². The number of carboxylic acids is 1. The largest absolute Gasteiger partial charge is 0.480 e. The maximum atomic E-state index is 11.5. The second-order valence-electron chi connectivity index (χ2n) is 3.63. The minimum atomic E-state index is -3.62. The molecule has 2 unspecified atom stereocenters. The van der Waals surface area contributed by atoms with Crippen LogP contribution in [0.4, 0.5) is 0 Å². The van der Waals surface area contributed by atoms with E-state index in [-0.39, 0.29) is 12.2 Å². The summed E-state index contributed by atoms with van der Waals surface area (Å²) >= 11 is 0. The highest BCUT2D eigenvalue weighted by Crippen LogP contribution is 2.02. The average Bonchev–Trinajstić information content (AvgIpc) is 2.15. The van der Waals surface area contributed by atoms with E-state index in [2.05, 4.69) is 4.72 Å². The fourth-order valence-corrected chi connectivity index (χ4v) is 2.67. The van der Waals surface area contributed by atoms with Crippen LogP contribution in [-0.2, 0) is 19.6 Å². The van der Waals surface area contributed by atoms with Gasteiger partial charge in [0.2, 0.25) is 10.0 Å². The van der Waals surface area contributed by atoms with Gasteiger partial charge in [0, 0.05) is 7.11 Å². The molecule has 7 heteroatoms. The van der Waals surface area contributed by atoms with Gasteiger partial charge in [0.15, 0.2) is 0 Å². The molecule has 96 valence electrons. The van der Waals surface area contributed by atoms with Crippen LogP contribution in [0.5, 0.6) is 0 Å². The van der Waals surface area contributed by atoms with Crippen LogP contribution >= 0.6 is 0 Å². The molecule has 16 heavy (non-hydrogen) atoms. The molecule has 0 aromatic carbocycles. The normalized spacial score (nSPS) is 15.7. The van der Waals surface area contributed by atoms with E-state index >= 15 is 0 Å². The number of methoxy groups -OCH3 is 1. The number of carboxylic acid groups (broad SMARTS) is 1. The van der Waals surface area contributed by atoms with Crippen molar-refractivity contribution in [2.75, 3.05) is 12.9 Å². The van der Waals surface area contributed by atoms with Crippen molar-refractivity contribution in [3.8, 4) is 0 Å². The van der Waals surface area contributed by atoms with Gasteiger partial charge in [0.05, 0.1) is 11.9 Å². The number of hydrogen-bond acceptors (Lipinski definition) is 4. The summed E-state index contributed by atoms with van der Waals surface area (Å²) in [7, 11) is -2.21. The summed E-state index contributed by atoms with van der Waals surface area (Å²) in [5.74, 6) is -1.40. The van der Waals surface area contributed by atoms with Crippen molar-refractivity contribution in [3.63, 3.8) is 0 Å². The van der Waals surface area contributed by atoms with Gasteiger partial charge in [0.25, 0.3) is 0 Å². The zero-order valence-corrected chi connectivity index (χ0v) is 10.6. The predicted molar refractivity (Wildman–Crippen MR) is 59.7 cm³/mol. The van der Waals surface area contributed by atoms with Crippen LogP contribution in [0.15, 0.2) is 0 Å². The lowest BCUT2D eigenvalue weighted by Gasteiger charge is -2.15. The number of sulfonamides is 1. The summed E-state index contributed by atoms with van der Waals surface area (Å²) < 4.78 is 30.0. The number of hydrogen-bond donors (Lipinski definition) is 2. The van der Waals surface area contributed by atoms with Gasteiger partial charge in [-0.3, -0.25) is 4.79 Å². The molecular formula is C9H19NO5S. The molecule has 0 bridgehead atoms. The molecule has 0 aromatic heterocycles. The first-order chi connectivity index (χ1) is 7.32. The second kappa shape index (κ2) is 6.82. The summed E-state index contributed by atoms with van der Waals surface area (Å²) in [5.41, 5.74) is 0. The molecule has 2 N–H and O–H groups in total. The molecular weight excluding hydrogens is 234 g/mol. The van der Waals surface area contributed by atoms with E-state index in [9.17, 15) is 13.2 Å². The molecule has 0 aliphatic carbocycles. The Kier molecular flexibility index (Phi) is 6.54. The first-order valence-corrected chi connectivity index (χ1v) is 6.73. The lowest BCUT2D eigenvalue weighted by molar-refractivity contribution is -0.139. The van der Waals surface area contributed by atoms with Gasteiger partial charge in [-0.2, -0.15) is 0 Å². The fraction of sp³-hybridized carbons (Fsp3) is 0.889. The van der Waals surface area contributed by atoms with Crippen LogP contribution < -0.4 is 4.72 Å². The van der Waals surface area contributed by atoms with Gasteiger partial charge >= 0.3 is 5.97 Å². The fourth-order valence-electron chi connectivity index (χ4n) is 1.16. The molecule has 0 radical (unpaired) electrons. The average molecular weight is 253 g/mol. The SMILES string of the molecule is CCCC(NS(=O)(=O)CC(C)OC)C(=O)O. The quantitative estimate of drug-likeness (QED) is 0.644. The molecule has 0 spiro atoms. The number of nitrogens with one attached hydrogen (secondary N) is 1. The van der Waals surface area contributed by atoms with Gasteiger partial charge in [-0.05, 0) is 13.3 Å². The molecule has 0 rings (SSSR count). The Morgan fingerprint density at radius 3 is 2.44 bits per heavy atom. The van der Waals surface area contributed by atoms with Crippen molar-refractivity contribution in [2.45, 2.75) is 38.8 Å². The minimum absolute atomic E-state index is 0.239. The Hall–Kier alpha value is -0.660. The molecule has 2 atom stereocenters. The van der Waals surface area contributed by atoms with Gasteiger partial charge in [-0.15, -0.1) is 0 Å². The summed E-state index contributed by atoms with van der Waals surface area (Å²) in [6, 6.07) is -1.06. The van der Waals surface area contributed by atoms with E-state index in [1.165, 1.54) is 7.11 Å². The van der Waals surface area contributed by atoms with E-state index < -0.39 is 28.1 Å². The van der Waals surface area contributed by atoms with Gasteiger partial charge < -0.3 is 9.84 Å². The van der Waals surface area contributed by atoms with Crippen molar-refractivity contribution in [2.24, 2.45) is 0 Å². The molecule has 0 heterocycles. The molecule has 0 saturated heterocycles. The van der Waals surface area contributed by atoms with Crippen molar-refractivity contribution in [1.82, 2.24) is 4.72 Å². The van der Waals surface area contributed by atoms with Crippen LogP contribution in [0.3, 0.4) is 0 Å². The molecule has 0 aliphatic heterocycles. The van der Waals surface area contributed by atoms with Crippen molar-refractivity contribution < 1.29 is 23.1 Å². The maximum Gasteiger partial charge on any atom is 0.321 e. The molecule has 0 fully saturated rings. The molecule has 0 aromatic rings. The van der Waals surface area contributed by atoms with E-state index in [1.807, 2.05) is 0 Å². The van der Waals surface area contributed by atoms with Crippen molar-refractivity contribution in [3.05, 3.63) is 0 Å². The third-order valence-corrected chi connectivity index (χ3v) is 3.61. The first-order valence-electron chi connectivity index (χ1n) is 5.08. The van der Waals surface area contributed by atoms with E-state index in [4.69, 9.17) is 9.84 Å². The van der Waals surface area contributed by atoms with Crippen molar-refractivity contribution >= 4 is 16.0 Å². The zero-order chi connectivity index (χ0) is 12.8. The molecule has 0 saturated carbocycles. The monoisotopic (exact) mass is 253 g/mol. The van der Waals surface area contributed by atoms with Crippen LogP contribution in [0.1, 0.15) is 26.7 Å².